The Balaban J connectivity index is 0.00000200. The molecule has 0 aromatic carbocycles. The number of hydrogen-bond acceptors (Lipinski definition) is 7. The molecular weight excluding hydrogens is 318 g/mol. The first kappa shape index (κ1) is 17.0. The van der Waals surface area contributed by atoms with Gasteiger partial charge in [-0.2, -0.15) is 0 Å². The van der Waals surface area contributed by atoms with Gasteiger partial charge in [0.25, 0.3) is 5.91 Å². The quantitative estimate of drug-likeness (QED) is 0.875. The van der Waals surface area contributed by atoms with Gasteiger partial charge in [-0.3, -0.25) is 10.1 Å². The number of carbonyl (C=O) groups excluding carboxylic acids is 1. The zero-order chi connectivity index (χ0) is 13.8. The van der Waals surface area contributed by atoms with E-state index in [0.29, 0.717) is 23.3 Å². The minimum atomic E-state index is -0.275. The Hall–Kier alpha value is -1.09. The van der Waals surface area contributed by atoms with E-state index in [1.165, 1.54) is 22.7 Å². The molecule has 20 heavy (non-hydrogen) atoms. The molecule has 2 aromatic heterocycles. The molecule has 0 radical (unpaired) electrons. The molecule has 1 amide bonds. The maximum absolute atomic E-state index is 11.9. The number of nitrogens with zero attached hydrogens (tertiary/aromatic N) is 3. The standard InChI is InChI=1S/C11H15N5OS2.ClH/c1-6(2)3-8-15-16-11(19-8)14-10(17)7-5-18-9(4-12)13-7;/h5-6H,3-4,12H2,1-2H3,(H,14,16,17);1H. The normalized spacial score (nSPS) is 10.4. The monoisotopic (exact) mass is 333 g/mol. The molecule has 2 rings (SSSR count). The van der Waals surface area contributed by atoms with Crippen LogP contribution < -0.4 is 11.1 Å². The molecule has 2 aromatic rings. The van der Waals surface area contributed by atoms with Gasteiger partial charge in [-0.15, -0.1) is 33.9 Å². The first-order valence-electron chi connectivity index (χ1n) is 5.86. The number of aromatic nitrogens is 3. The molecule has 0 spiro atoms. The van der Waals surface area contributed by atoms with E-state index in [0.717, 1.165) is 16.4 Å². The molecule has 0 aliphatic carbocycles. The van der Waals surface area contributed by atoms with Gasteiger partial charge in [0.15, 0.2) is 0 Å². The molecule has 110 valence electrons. The number of nitrogens with one attached hydrogen (secondary N) is 1. The molecule has 2 heterocycles. The summed E-state index contributed by atoms with van der Waals surface area (Å²) >= 11 is 2.77. The van der Waals surface area contributed by atoms with E-state index in [-0.39, 0.29) is 18.3 Å². The molecule has 0 fully saturated rings. The van der Waals surface area contributed by atoms with Crippen molar-refractivity contribution in [1.29, 1.82) is 0 Å². The number of nitrogens with two attached hydrogens (primary N) is 1. The Labute approximate surface area is 131 Å². The molecule has 0 aliphatic heterocycles. The minimum absolute atomic E-state index is 0. The van der Waals surface area contributed by atoms with Crippen molar-refractivity contribution in [1.82, 2.24) is 15.2 Å². The topological polar surface area (TPSA) is 93.8 Å². The van der Waals surface area contributed by atoms with Crippen LogP contribution in [0.5, 0.6) is 0 Å². The van der Waals surface area contributed by atoms with Gasteiger partial charge in [0.05, 0.1) is 0 Å². The van der Waals surface area contributed by atoms with Crippen molar-refractivity contribution in [3.63, 3.8) is 0 Å². The van der Waals surface area contributed by atoms with E-state index >= 15 is 0 Å². The zero-order valence-electron chi connectivity index (χ0n) is 11.1. The number of halogens is 1. The lowest BCUT2D eigenvalue weighted by Crippen LogP contribution is -2.12. The molecule has 0 saturated heterocycles. The molecule has 6 nitrogen and oxygen atoms in total. The van der Waals surface area contributed by atoms with E-state index in [4.69, 9.17) is 5.73 Å². The number of carbonyl (C=O) groups is 1. The third kappa shape index (κ3) is 4.48. The van der Waals surface area contributed by atoms with Crippen molar-refractivity contribution in [2.45, 2.75) is 26.8 Å². The first-order valence-corrected chi connectivity index (χ1v) is 7.56. The van der Waals surface area contributed by atoms with E-state index in [1.807, 2.05) is 0 Å². The largest absolute Gasteiger partial charge is 0.325 e. The van der Waals surface area contributed by atoms with E-state index in [2.05, 4.69) is 34.3 Å². The van der Waals surface area contributed by atoms with Crippen LogP contribution in [-0.2, 0) is 13.0 Å². The molecule has 0 saturated carbocycles. The van der Waals surface area contributed by atoms with Crippen molar-refractivity contribution < 1.29 is 4.79 Å². The highest BCUT2D eigenvalue weighted by molar-refractivity contribution is 7.15. The van der Waals surface area contributed by atoms with E-state index < -0.39 is 0 Å². The summed E-state index contributed by atoms with van der Waals surface area (Å²) in [5.74, 6) is 0.241. The minimum Gasteiger partial charge on any atom is -0.325 e. The second-order valence-corrected chi connectivity index (χ2v) is 6.39. The molecule has 9 heteroatoms. The lowest BCUT2D eigenvalue weighted by atomic mass is 10.1. The summed E-state index contributed by atoms with van der Waals surface area (Å²) in [4.78, 5) is 16.0. The van der Waals surface area contributed by atoms with Gasteiger partial charge in [0, 0.05) is 18.3 Å². The van der Waals surface area contributed by atoms with Crippen LogP contribution in [0.2, 0.25) is 0 Å². The van der Waals surface area contributed by atoms with Gasteiger partial charge in [0.1, 0.15) is 15.7 Å². The predicted molar refractivity (Wildman–Crippen MR) is 83.7 cm³/mol. The van der Waals surface area contributed by atoms with Crippen molar-refractivity contribution in [3.05, 3.63) is 21.1 Å². The van der Waals surface area contributed by atoms with E-state index in [1.54, 1.807) is 5.38 Å². The van der Waals surface area contributed by atoms with Crippen LogP contribution >= 0.6 is 35.1 Å². The molecule has 0 unspecified atom stereocenters. The van der Waals surface area contributed by atoms with Gasteiger partial charge in [-0.25, -0.2) is 4.98 Å². The summed E-state index contributed by atoms with van der Waals surface area (Å²) in [7, 11) is 0. The molecule has 0 atom stereocenters. The lowest BCUT2D eigenvalue weighted by Gasteiger charge is -1.98. The van der Waals surface area contributed by atoms with Crippen LogP contribution in [0.25, 0.3) is 0 Å². The van der Waals surface area contributed by atoms with Crippen LogP contribution in [0.3, 0.4) is 0 Å². The summed E-state index contributed by atoms with van der Waals surface area (Å²) in [6.45, 7) is 4.57. The average Bonchev–Trinajstić information content (AvgIpc) is 2.97. The summed E-state index contributed by atoms with van der Waals surface area (Å²) < 4.78 is 0. The van der Waals surface area contributed by atoms with Crippen LogP contribution in [0.15, 0.2) is 5.38 Å². The Morgan fingerprint density at radius 3 is 2.75 bits per heavy atom. The van der Waals surface area contributed by atoms with Crippen molar-refractivity contribution >= 4 is 46.1 Å². The molecular formula is C11H16ClN5OS2. The molecule has 3 N–H and O–H groups in total. The number of amides is 1. The van der Waals surface area contributed by atoms with Crippen molar-refractivity contribution in [3.8, 4) is 0 Å². The van der Waals surface area contributed by atoms with Gasteiger partial charge < -0.3 is 5.73 Å². The highest BCUT2D eigenvalue weighted by Crippen LogP contribution is 2.19. The van der Waals surface area contributed by atoms with Crippen molar-refractivity contribution in [2.75, 3.05) is 5.32 Å². The third-order valence-corrected chi connectivity index (χ3v) is 3.96. The fourth-order valence-corrected chi connectivity index (χ4v) is 3.01. The number of thiazole rings is 1. The van der Waals surface area contributed by atoms with Gasteiger partial charge in [-0.1, -0.05) is 25.2 Å². The van der Waals surface area contributed by atoms with Crippen molar-refractivity contribution in [2.24, 2.45) is 11.7 Å². The second kappa shape index (κ2) is 7.63. The maximum Gasteiger partial charge on any atom is 0.276 e. The Kier molecular flexibility index (Phi) is 6.47. The average molecular weight is 334 g/mol. The van der Waals surface area contributed by atoms with Gasteiger partial charge in [-0.05, 0) is 5.92 Å². The third-order valence-electron chi connectivity index (χ3n) is 2.23. The highest BCUT2D eigenvalue weighted by Gasteiger charge is 2.13. The van der Waals surface area contributed by atoms with Crippen LogP contribution in [0.4, 0.5) is 5.13 Å². The summed E-state index contributed by atoms with van der Waals surface area (Å²) in [5, 5.41) is 14.5. The number of rotatable bonds is 5. The fourth-order valence-electron chi connectivity index (χ4n) is 1.41. The van der Waals surface area contributed by atoms with Crippen LogP contribution in [-0.4, -0.2) is 21.1 Å². The Bertz CT molecular complexity index is 569. The zero-order valence-corrected chi connectivity index (χ0v) is 13.6. The van der Waals surface area contributed by atoms with Gasteiger partial charge >= 0.3 is 0 Å². The van der Waals surface area contributed by atoms with Gasteiger partial charge in [0.2, 0.25) is 5.13 Å². The fraction of sp³-hybridized carbons (Fsp3) is 0.455. The number of hydrogen-bond donors (Lipinski definition) is 2. The summed E-state index contributed by atoms with van der Waals surface area (Å²) in [6, 6.07) is 0. The molecule has 0 bridgehead atoms. The lowest BCUT2D eigenvalue weighted by molar-refractivity contribution is 0.102. The second-order valence-electron chi connectivity index (χ2n) is 4.38. The maximum atomic E-state index is 11.9. The highest BCUT2D eigenvalue weighted by atomic mass is 35.5. The Morgan fingerprint density at radius 2 is 2.15 bits per heavy atom. The molecule has 0 aliphatic rings. The predicted octanol–water partition coefficient (Wildman–Crippen LogP) is 2.33. The van der Waals surface area contributed by atoms with Crippen LogP contribution in [0.1, 0.15) is 34.4 Å². The number of anilines is 1. The van der Waals surface area contributed by atoms with Crippen LogP contribution in [0, 0.1) is 5.92 Å². The smallest absolute Gasteiger partial charge is 0.276 e. The SMILES string of the molecule is CC(C)Cc1nnc(NC(=O)c2csc(CN)n2)s1.Cl. The summed E-state index contributed by atoms with van der Waals surface area (Å²) in [5.41, 5.74) is 5.83. The summed E-state index contributed by atoms with van der Waals surface area (Å²) in [6.07, 6.45) is 0.863. The van der Waals surface area contributed by atoms with E-state index in [9.17, 15) is 4.79 Å². The first-order chi connectivity index (χ1) is 9.08. The Morgan fingerprint density at radius 1 is 1.40 bits per heavy atom.